The number of nitrogens with zero attached hydrogens (tertiary/aromatic N) is 3. The van der Waals surface area contributed by atoms with Gasteiger partial charge in [-0.3, -0.25) is 0 Å². The predicted octanol–water partition coefficient (Wildman–Crippen LogP) is 0.105. The maximum atomic E-state index is 8.67. The standard InChI is InChI=1S/C7H9N3O2/c1-10(2)7-5(3-8)9-6(4-11)12-7/h11H,4H2,1-2H3. The van der Waals surface area contributed by atoms with E-state index in [0.717, 1.165) is 0 Å². The summed E-state index contributed by atoms with van der Waals surface area (Å²) in [4.78, 5) is 5.38. The third-order valence-corrected chi connectivity index (χ3v) is 1.30. The number of hydrogen-bond donors (Lipinski definition) is 1. The van der Waals surface area contributed by atoms with Gasteiger partial charge in [0.15, 0.2) is 0 Å². The van der Waals surface area contributed by atoms with Crippen LogP contribution in [-0.4, -0.2) is 24.2 Å². The van der Waals surface area contributed by atoms with Crippen molar-refractivity contribution in [3.05, 3.63) is 11.6 Å². The highest BCUT2D eigenvalue weighted by Crippen LogP contribution is 2.18. The van der Waals surface area contributed by atoms with Crippen LogP contribution in [0.3, 0.4) is 0 Å². The molecule has 0 fully saturated rings. The summed E-state index contributed by atoms with van der Waals surface area (Å²) < 4.78 is 5.06. The van der Waals surface area contributed by atoms with E-state index in [2.05, 4.69) is 4.98 Å². The molecule has 1 rings (SSSR count). The minimum absolute atomic E-state index is 0.162. The summed E-state index contributed by atoms with van der Waals surface area (Å²) >= 11 is 0. The van der Waals surface area contributed by atoms with E-state index in [9.17, 15) is 0 Å². The SMILES string of the molecule is CN(C)c1oc(CO)nc1C#N. The average molecular weight is 167 g/mol. The second-order valence-electron chi connectivity index (χ2n) is 2.43. The van der Waals surface area contributed by atoms with Crippen LogP contribution in [0.15, 0.2) is 4.42 Å². The Hall–Kier alpha value is -1.54. The fourth-order valence-electron chi connectivity index (χ4n) is 0.799. The lowest BCUT2D eigenvalue weighted by molar-refractivity contribution is 0.241. The Kier molecular flexibility index (Phi) is 2.31. The topological polar surface area (TPSA) is 73.3 Å². The largest absolute Gasteiger partial charge is 0.421 e. The van der Waals surface area contributed by atoms with Crippen molar-refractivity contribution >= 4 is 5.88 Å². The zero-order valence-electron chi connectivity index (χ0n) is 6.90. The normalized spacial score (nSPS) is 9.50. The van der Waals surface area contributed by atoms with E-state index in [-0.39, 0.29) is 18.2 Å². The van der Waals surface area contributed by atoms with Crippen LogP contribution in [0.2, 0.25) is 0 Å². The van der Waals surface area contributed by atoms with E-state index in [1.807, 2.05) is 6.07 Å². The fraction of sp³-hybridized carbons (Fsp3) is 0.429. The lowest BCUT2D eigenvalue weighted by Gasteiger charge is -2.05. The number of aromatic nitrogens is 1. The third-order valence-electron chi connectivity index (χ3n) is 1.30. The smallest absolute Gasteiger partial charge is 0.234 e. The van der Waals surface area contributed by atoms with Gasteiger partial charge in [-0.15, -0.1) is 0 Å². The minimum atomic E-state index is -0.289. The molecule has 1 aromatic rings. The Morgan fingerprint density at radius 2 is 2.33 bits per heavy atom. The minimum Gasteiger partial charge on any atom is -0.421 e. The maximum Gasteiger partial charge on any atom is 0.234 e. The number of aliphatic hydroxyl groups is 1. The first kappa shape index (κ1) is 8.56. The zero-order valence-corrected chi connectivity index (χ0v) is 6.90. The van der Waals surface area contributed by atoms with Crippen LogP contribution in [0.1, 0.15) is 11.6 Å². The highest BCUT2D eigenvalue weighted by Gasteiger charge is 2.13. The summed E-state index contributed by atoms with van der Waals surface area (Å²) in [6.45, 7) is -0.289. The number of rotatable bonds is 2. The van der Waals surface area contributed by atoms with Crippen molar-refractivity contribution in [3.8, 4) is 6.07 Å². The molecule has 0 saturated carbocycles. The lowest BCUT2D eigenvalue weighted by atomic mass is 10.5. The average Bonchev–Trinajstić information content (AvgIpc) is 2.47. The van der Waals surface area contributed by atoms with Crippen LogP contribution >= 0.6 is 0 Å². The van der Waals surface area contributed by atoms with Gasteiger partial charge < -0.3 is 14.4 Å². The van der Waals surface area contributed by atoms with E-state index in [1.165, 1.54) is 0 Å². The third kappa shape index (κ3) is 1.38. The first-order chi connectivity index (χ1) is 5.69. The highest BCUT2D eigenvalue weighted by atomic mass is 16.4. The van der Waals surface area contributed by atoms with Gasteiger partial charge in [0, 0.05) is 14.1 Å². The van der Waals surface area contributed by atoms with Crippen molar-refractivity contribution < 1.29 is 9.52 Å². The molecule has 0 bridgehead atoms. The molecule has 1 heterocycles. The van der Waals surface area contributed by atoms with Gasteiger partial charge in [0.05, 0.1) is 0 Å². The van der Waals surface area contributed by atoms with Gasteiger partial charge in [0.1, 0.15) is 12.7 Å². The van der Waals surface area contributed by atoms with Crippen LogP contribution in [0, 0.1) is 11.3 Å². The molecular formula is C7H9N3O2. The van der Waals surface area contributed by atoms with Gasteiger partial charge in [-0.1, -0.05) is 0 Å². The maximum absolute atomic E-state index is 8.67. The van der Waals surface area contributed by atoms with E-state index < -0.39 is 0 Å². The molecule has 0 saturated heterocycles. The van der Waals surface area contributed by atoms with Crippen molar-refractivity contribution in [2.24, 2.45) is 0 Å². The van der Waals surface area contributed by atoms with Crippen LogP contribution in [0.5, 0.6) is 0 Å². The first-order valence-corrected chi connectivity index (χ1v) is 3.37. The van der Waals surface area contributed by atoms with Crippen LogP contribution in [-0.2, 0) is 6.61 Å². The quantitative estimate of drug-likeness (QED) is 0.676. The molecule has 0 aromatic carbocycles. The van der Waals surface area contributed by atoms with E-state index in [0.29, 0.717) is 5.88 Å². The fourth-order valence-corrected chi connectivity index (χ4v) is 0.799. The van der Waals surface area contributed by atoms with Gasteiger partial charge >= 0.3 is 0 Å². The van der Waals surface area contributed by atoms with Gasteiger partial charge in [-0.25, -0.2) is 0 Å². The molecule has 12 heavy (non-hydrogen) atoms. The van der Waals surface area contributed by atoms with Crippen molar-refractivity contribution in [2.75, 3.05) is 19.0 Å². The highest BCUT2D eigenvalue weighted by molar-refractivity contribution is 5.46. The van der Waals surface area contributed by atoms with Gasteiger partial charge in [0.25, 0.3) is 0 Å². The summed E-state index contributed by atoms with van der Waals surface area (Å²) in [7, 11) is 3.48. The lowest BCUT2D eigenvalue weighted by Crippen LogP contribution is -2.08. The summed E-state index contributed by atoms with van der Waals surface area (Å²) in [5, 5.41) is 17.3. The molecule has 0 aliphatic rings. The molecule has 1 N–H and O–H groups in total. The molecule has 0 spiro atoms. The number of anilines is 1. The molecular weight excluding hydrogens is 158 g/mol. The summed E-state index contributed by atoms with van der Waals surface area (Å²) in [6, 6.07) is 1.87. The van der Waals surface area contributed by atoms with Crippen molar-refractivity contribution in [3.63, 3.8) is 0 Å². The molecule has 0 aliphatic carbocycles. The van der Waals surface area contributed by atoms with Gasteiger partial charge in [-0.2, -0.15) is 10.2 Å². The summed E-state index contributed by atoms with van der Waals surface area (Å²) in [6.07, 6.45) is 0. The number of aliphatic hydroxyl groups excluding tert-OH is 1. The summed E-state index contributed by atoms with van der Waals surface area (Å²) in [5.74, 6) is 0.539. The Balaban J connectivity index is 3.10. The van der Waals surface area contributed by atoms with Crippen LogP contribution in [0.4, 0.5) is 5.88 Å². The number of nitriles is 1. The van der Waals surface area contributed by atoms with Gasteiger partial charge in [0.2, 0.25) is 17.5 Å². The number of oxazole rings is 1. The monoisotopic (exact) mass is 167 g/mol. The Bertz CT molecular complexity index is 311. The summed E-state index contributed by atoms with van der Waals surface area (Å²) in [5.41, 5.74) is 0.198. The zero-order chi connectivity index (χ0) is 9.14. The molecule has 5 heteroatoms. The molecule has 0 aliphatic heterocycles. The van der Waals surface area contributed by atoms with Crippen LogP contribution < -0.4 is 4.90 Å². The van der Waals surface area contributed by atoms with E-state index >= 15 is 0 Å². The second kappa shape index (κ2) is 3.24. The Labute approximate surface area is 69.9 Å². The van der Waals surface area contributed by atoms with Crippen molar-refractivity contribution in [1.82, 2.24) is 4.98 Å². The molecule has 0 unspecified atom stereocenters. The molecule has 0 atom stereocenters. The molecule has 64 valence electrons. The predicted molar refractivity (Wildman–Crippen MR) is 41.5 cm³/mol. The Morgan fingerprint density at radius 3 is 2.67 bits per heavy atom. The van der Waals surface area contributed by atoms with Crippen LogP contribution in [0.25, 0.3) is 0 Å². The molecule has 1 aromatic heterocycles. The van der Waals surface area contributed by atoms with E-state index in [4.69, 9.17) is 14.8 Å². The van der Waals surface area contributed by atoms with Gasteiger partial charge in [-0.05, 0) is 0 Å². The van der Waals surface area contributed by atoms with Crippen molar-refractivity contribution in [1.29, 1.82) is 5.26 Å². The van der Waals surface area contributed by atoms with Crippen molar-refractivity contribution in [2.45, 2.75) is 6.61 Å². The Morgan fingerprint density at radius 1 is 1.67 bits per heavy atom. The molecule has 5 nitrogen and oxygen atoms in total. The first-order valence-electron chi connectivity index (χ1n) is 3.37. The second-order valence-corrected chi connectivity index (χ2v) is 2.43. The van der Waals surface area contributed by atoms with E-state index in [1.54, 1.807) is 19.0 Å². The molecule has 0 amide bonds. The molecule has 0 radical (unpaired) electrons. The number of hydrogen-bond acceptors (Lipinski definition) is 5.